The van der Waals surface area contributed by atoms with E-state index in [4.69, 9.17) is 28.8 Å². The van der Waals surface area contributed by atoms with Crippen LogP contribution < -0.4 is 0 Å². The Labute approximate surface area is 206 Å². The summed E-state index contributed by atoms with van der Waals surface area (Å²) in [5.41, 5.74) is 0.707. The highest BCUT2D eigenvalue weighted by Crippen LogP contribution is 2.33. The van der Waals surface area contributed by atoms with Gasteiger partial charge in [-0.2, -0.15) is 0 Å². The number of aliphatic carboxylic acids is 1. The number of hydrogen-bond acceptors (Lipinski definition) is 11. The van der Waals surface area contributed by atoms with Crippen molar-refractivity contribution in [2.75, 3.05) is 25.6 Å². The molecule has 2 unspecified atom stereocenters. The van der Waals surface area contributed by atoms with Crippen LogP contribution in [0.5, 0.6) is 0 Å². The summed E-state index contributed by atoms with van der Waals surface area (Å²) in [4.78, 5) is 58.7. The molecule has 12 heteroatoms. The molecule has 1 aliphatic heterocycles. The molecule has 1 aromatic carbocycles. The van der Waals surface area contributed by atoms with Crippen LogP contribution in [0.2, 0.25) is 0 Å². The zero-order valence-electron chi connectivity index (χ0n) is 19.4. The van der Waals surface area contributed by atoms with Crippen molar-refractivity contribution in [3.63, 3.8) is 0 Å². The summed E-state index contributed by atoms with van der Waals surface area (Å²) in [5.74, 6) is -2.79. The Morgan fingerprint density at radius 2 is 1.46 bits per heavy atom. The van der Waals surface area contributed by atoms with Gasteiger partial charge in [0, 0.05) is 24.2 Å². The van der Waals surface area contributed by atoms with Crippen LogP contribution in [0.25, 0.3) is 0 Å². The Kier molecular flexibility index (Phi) is 11.7. The van der Waals surface area contributed by atoms with Gasteiger partial charge in [0.05, 0.1) is 18.8 Å². The zero-order chi connectivity index (χ0) is 25.8. The Morgan fingerprint density at radius 1 is 0.886 bits per heavy atom. The monoisotopic (exact) mass is 512 g/mol. The molecule has 0 amide bonds. The average Bonchev–Trinajstić information content (AvgIpc) is 3.28. The van der Waals surface area contributed by atoms with E-state index < -0.39 is 42.4 Å². The van der Waals surface area contributed by atoms with E-state index in [2.05, 4.69) is 0 Å². The second-order valence-corrected chi connectivity index (χ2v) is 8.33. The zero-order valence-corrected chi connectivity index (χ0v) is 20.2. The highest BCUT2D eigenvalue weighted by molar-refractivity contribution is 8.13. The smallest absolute Gasteiger partial charge is 0.338 e. The molecule has 2 atom stereocenters. The molecule has 35 heavy (non-hydrogen) atoms. The lowest BCUT2D eigenvalue weighted by atomic mass is 10.1. The van der Waals surface area contributed by atoms with Gasteiger partial charge in [-0.15, -0.1) is 0 Å². The van der Waals surface area contributed by atoms with Crippen LogP contribution in [0.3, 0.4) is 0 Å². The highest BCUT2D eigenvalue weighted by Gasteiger charge is 2.47. The maximum atomic E-state index is 12.2. The van der Waals surface area contributed by atoms with E-state index in [1.807, 2.05) is 0 Å². The van der Waals surface area contributed by atoms with Crippen molar-refractivity contribution in [2.45, 2.75) is 51.6 Å². The molecule has 1 fully saturated rings. The molecule has 1 aromatic rings. The van der Waals surface area contributed by atoms with Crippen molar-refractivity contribution in [1.29, 1.82) is 0 Å². The van der Waals surface area contributed by atoms with Gasteiger partial charge < -0.3 is 28.8 Å². The van der Waals surface area contributed by atoms with Gasteiger partial charge in [0.25, 0.3) is 0 Å². The topological polar surface area (TPSA) is 152 Å². The fourth-order valence-electron chi connectivity index (χ4n) is 3.01. The number of rotatable bonds is 13. The Bertz CT molecular complexity index is 873. The minimum absolute atomic E-state index is 0.00715. The van der Waals surface area contributed by atoms with Crippen molar-refractivity contribution in [3.8, 4) is 0 Å². The first-order chi connectivity index (χ1) is 16.8. The molecule has 192 valence electrons. The molecular formula is C23H28O11S. The largest absolute Gasteiger partial charge is 0.481 e. The Balaban J connectivity index is 1.87. The molecule has 0 radical (unpaired) electrons. The fourth-order valence-corrected chi connectivity index (χ4v) is 3.69. The van der Waals surface area contributed by atoms with E-state index in [0.29, 0.717) is 5.56 Å². The van der Waals surface area contributed by atoms with Crippen molar-refractivity contribution in [2.24, 2.45) is 0 Å². The molecule has 1 heterocycles. The molecule has 1 saturated heterocycles. The average molecular weight is 513 g/mol. The summed E-state index contributed by atoms with van der Waals surface area (Å²) in [6.45, 7) is 3.47. The molecule has 0 aliphatic carbocycles. The first-order valence-corrected chi connectivity index (χ1v) is 12.0. The third-order valence-corrected chi connectivity index (χ3v) is 5.52. The van der Waals surface area contributed by atoms with Crippen molar-refractivity contribution in [1.82, 2.24) is 0 Å². The van der Waals surface area contributed by atoms with Gasteiger partial charge in [-0.3, -0.25) is 9.59 Å². The number of carbonyl (C=O) groups excluding carboxylic acids is 4. The molecule has 11 nitrogen and oxygen atoms in total. The summed E-state index contributed by atoms with van der Waals surface area (Å²) in [7, 11) is 0. The lowest BCUT2D eigenvalue weighted by Gasteiger charge is -2.13. The van der Waals surface area contributed by atoms with E-state index in [1.54, 1.807) is 13.8 Å². The first kappa shape index (κ1) is 28.3. The van der Waals surface area contributed by atoms with Crippen molar-refractivity contribution in [3.05, 3.63) is 35.4 Å². The normalized spacial score (nSPS) is 19.1. The molecule has 0 bridgehead atoms. The summed E-state index contributed by atoms with van der Waals surface area (Å²) >= 11 is 0.979. The Hall–Kier alpha value is -2.96. The van der Waals surface area contributed by atoms with Crippen molar-refractivity contribution >= 4 is 40.8 Å². The van der Waals surface area contributed by atoms with E-state index >= 15 is 0 Å². The number of ether oxygens (including phenoxy) is 5. The van der Waals surface area contributed by atoms with Gasteiger partial charge in [-0.25, -0.2) is 14.4 Å². The second-order valence-electron chi connectivity index (χ2n) is 7.18. The molecule has 0 spiro atoms. The second kappa shape index (κ2) is 14.4. The first-order valence-electron chi connectivity index (χ1n) is 11.1. The van der Waals surface area contributed by atoms with Gasteiger partial charge in [0.1, 0.15) is 6.61 Å². The molecular weight excluding hydrogens is 484 g/mol. The minimum atomic E-state index is -1.28. The summed E-state index contributed by atoms with van der Waals surface area (Å²) < 4.78 is 26.3. The van der Waals surface area contributed by atoms with E-state index in [0.717, 1.165) is 11.8 Å². The predicted molar refractivity (Wildman–Crippen MR) is 121 cm³/mol. The number of benzene rings is 1. The van der Waals surface area contributed by atoms with Crippen LogP contribution >= 0.6 is 11.8 Å². The summed E-state index contributed by atoms with van der Waals surface area (Å²) in [6.07, 6.45) is -3.27. The number of hydrogen-bond donors (Lipinski definition) is 1. The molecule has 0 aromatic heterocycles. The van der Waals surface area contributed by atoms with E-state index in [9.17, 15) is 24.0 Å². The standard InChI is InChI=1S/C23H28O11S/c1-3-30-21(28)18-19(22(29)31-4-2)34-23(33-18)15-10-8-14(9-11-15)20(27)32-12-13-35-17(26)7-5-6-16(24)25/h8-11,18-19,23H,3-7,12-13H2,1-2H3,(H,24,25). The van der Waals surface area contributed by atoms with Crippen LogP contribution in [0.15, 0.2) is 24.3 Å². The SMILES string of the molecule is CCOC(=O)C1OC(c2ccc(C(=O)OCCSC(=O)CCCC(=O)O)cc2)OC1C(=O)OCC. The fraction of sp³-hybridized carbons (Fsp3) is 0.522. The van der Waals surface area contributed by atoms with Gasteiger partial charge in [0.15, 0.2) is 23.6 Å². The number of thioether (sulfide) groups is 1. The third kappa shape index (κ3) is 8.96. The van der Waals surface area contributed by atoms with Gasteiger partial charge in [-0.1, -0.05) is 23.9 Å². The van der Waals surface area contributed by atoms with E-state index in [-0.39, 0.29) is 55.5 Å². The highest BCUT2D eigenvalue weighted by atomic mass is 32.2. The molecule has 1 aliphatic rings. The van der Waals surface area contributed by atoms with Crippen LogP contribution in [-0.2, 0) is 42.9 Å². The Morgan fingerprint density at radius 3 is 1.97 bits per heavy atom. The number of carboxylic acids is 1. The summed E-state index contributed by atoms with van der Waals surface area (Å²) in [6, 6.07) is 6.03. The van der Waals surface area contributed by atoms with E-state index in [1.165, 1.54) is 24.3 Å². The molecule has 2 rings (SSSR count). The lowest BCUT2D eigenvalue weighted by Crippen LogP contribution is -2.39. The van der Waals surface area contributed by atoms with Crippen molar-refractivity contribution < 1.29 is 52.8 Å². The van der Waals surface area contributed by atoms with Crippen LogP contribution in [0, 0.1) is 0 Å². The number of carboxylic acid groups (broad SMARTS) is 1. The van der Waals surface area contributed by atoms with Crippen LogP contribution in [0.1, 0.15) is 55.3 Å². The summed E-state index contributed by atoms with van der Waals surface area (Å²) in [5, 5.41) is 8.41. The number of carbonyl (C=O) groups is 5. The van der Waals surface area contributed by atoms with Gasteiger partial charge >= 0.3 is 23.9 Å². The lowest BCUT2D eigenvalue weighted by molar-refractivity contribution is -0.163. The predicted octanol–water partition coefficient (Wildman–Crippen LogP) is 2.27. The molecule has 1 N–H and O–H groups in total. The quantitative estimate of drug-likeness (QED) is 0.234. The minimum Gasteiger partial charge on any atom is -0.481 e. The number of esters is 3. The van der Waals surface area contributed by atoms with Gasteiger partial charge in [0.2, 0.25) is 0 Å². The van der Waals surface area contributed by atoms with Crippen LogP contribution in [-0.4, -0.2) is 71.9 Å². The third-order valence-electron chi connectivity index (χ3n) is 4.62. The maximum absolute atomic E-state index is 12.2. The van der Waals surface area contributed by atoms with Gasteiger partial charge in [-0.05, 0) is 32.4 Å². The molecule has 0 saturated carbocycles. The van der Waals surface area contributed by atoms with Crippen LogP contribution in [0.4, 0.5) is 0 Å². The maximum Gasteiger partial charge on any atom is 0.338 e.